The summed E-state index contributed by atoms with van der Waals surface area (Å²) in [5.41, 5.74) is 2.26. The lowest BCUT2D eigenvalue weighted by Crippen LogP contribution is -2.17. The third kappa shape index (κ3) is 3.70. The smallest absolute Gasteiger partial charge is 0.258 e. The van der Waals surface area contributed by atoms with E-state index in [9.17, 15) is 4.79 Å². The fraction of sp³-hybridized carbons (Fsp3) is 0.333. The minimum absolute atomic E-state index is 0.0498. The van der Waals surface area contributed by atoms with Crippen molar-refractivity contribution < 1.29 is 0 Å². The Hall–Kier alpha value is -1.93. The van der Waals surface area contributed by atoms with Crippen LogP contribution in [0.4, 0.5) is 5.13 Å². The number of nitrogens with zero attached hydrogens (tertiary/aromatic N) is 4. The minimum Gasteiger partial charge on any atom is -0.360 e. The Morgan fingerprint density at radius 1 is 1.35 bits per heavy atom. The number of fused-ring (bicyclic) bond motifs is 1. The molecule has 0 aromatic carbocycles. The second-order valence-corrected chi connectivity index (χ2v) is 7.24. The molecule has 23 heavy (non-hydrogen) atoms. The van der Waals surface area contributed by atoms with E-state index in [1.807, 2.05) is 25.1 Å². The molecule has 0 bridgehead atoms. The summed E-state index contributed by atoms with van der Waals surface area (Å²) in [6, 6.07) is 7.24. The fourth-order valence-electron chi connectivity index (χ4n) is 2.14. The van der Waals surface area contributed by atoms with Gasteiger partial charge in [-0.15, -0.1) is 10.2 Å². The van der Waals surface area contributed by atoms with Crippen molar-refractivity contribution in [2.24, 2.45) is 0 Å². The van der Waals surface area contributed by atoms with Crippen LogP contribution in [0.15, 0.2) is 33.4 Å². The monoisotopic (exact) mass is 347 g/mol. The molecule has 0 saturated heterocycles. The van der Waals surface area contributed by atoms with Crippen LogP contribution in [0.3, 0.4) is 0 Å². The quantitative estimate of drug-likeness (QED) is 0.691. The average Bonchev–Trinajstić information content (AvgIpc) is 2.98. The first-order valence-electron chi connectivity index (χ1n) is 7.36. The molecule has 120 valence electrons. The molecule has 0 unspecified atom stereocenters. The number of aromatic nitrogens is 4. The number of anilines is 1. The summed E-state index contributed by atoms with van der Waals surface area (Å²) in [7, 11) is 0. The first-order valence-corrected chi connectivity index (χ1v) is 9.16. The van der Waals surface area contributed by atoms with Crippen molar-refractivity contribution in [2.75, 3.05) is 11.9 Å². The molecule has 0 aliphatic rings. The number of aryl methyl sites for hydroxylation is 1. The second-order valence-electron chi connectivity index (χ2n) is 5.04. The summed E-state index contributed by atoms with van der Waals surface area (Å²) in [5, 5.41) is 12.3. The molecular formula is C15H17N5OS2. The largest absolute Gasteiger partial charge is 0.360 e. The van der Waals surface area contributed by atoms with Crippen molar-refractivity contribution in [1.82, 2.24) is 19.6 Å². The number of nitrogens with one attached hydrogen (secondary N) is 1. The van der Waals surface area contributed by atoms with Crippen molar-refractivity contribution in [3.63, 3.8) is 0 Å². The van der Waals surface area contributed by atoms with E-state index in [1.165, 1.54) is 11.3 Å². The maximum atomic E-state index is 12.2. The molecule has 0 aliphatic heterocycles. The van der Waals surface area contributed by atoms with E-state index in [0.29, 0.717) is 11.4 Å². The first-order chi connectivity index (χ1) is 11.2. The Kier molecular flexibility index (Phi) is 4.92. The lowest BCUT2D eigenvalue weighted by molar-refractivity contribution is 0.950. The predicted molar refractivity (Wildman–Crippen MR) is 94.4 cm³/mol. The number of rotatable bonds is 6. The van der Waals surface area contributed by atoms with E-state index in [4.69, 9.17) is 0 Å². The number of hydrogen-bond donors (Lipinski definition) is 1. The van der Waals surface area contributed by atoms with Gasteiger partial charge in [-0.3, -0.25) is 9.20 Å². The number of thioether (sulfide) groups is 1. The van der Waals surface area contributed by atoms with Crippen molar-refractivity contribution in [1.29, 1.82) is 0 Å². The van der Waals surface area contributed by atoms with E-state index in [0.717, 1.165) is 33.8 Å². The van der Waals surface area contributed by atoms with Crippen LogP contribution in [0.2, 0.25) is 0 Å². The van der Waals surface area contributed by atoms with Crippen LogP contribution in [0.1, 0.15) is 24.7 Å². The molecular weight excluding hydrogens is 330 g/mol. The minimum atomic E-state index is -0.0498. The molecule has 8 heteroatoms. The van der Waals surface area contributed by atoms with Gasteiger partial charge in [0.25, 0.3) is 5.56 Å². The number of hydrogen-bond acceptors (Lipinski definition) is 7. The van der Waals surface area contributed by atoms with Crippen molar-refractivity contribution in [3.05, 3.63) is 46.0 Å². The van der Waals surface area contributed by atoms with Crippen LogP contribution < -0.4 is 10.9 Å². The lowest BCUT2D eigenvalue weighted by atomic mass is 10.3. The highest BCUT2D eigenvalue weighted by atomic mass is 32.2. The Morgan fingerprint density at radius 2 is 2.22 bits per heavy atom. The third-order valence-corrected chi connectivity index (χ3v) is 5.26. The maximum Gasteiger partial charge on any atom is 0.258 e. The van der Waals surface area contributed by atoms with E-state index in [-0.39, 0.29) is 5.56 Å². The van der Waals surface area contributed by atoms with Crippen molar-refractivity contribution in [2.45, 2.75) is 30.4 Å². The van der Waals surface area contributed by atoms with E-state index < -0.39 is 0 Å². The molecule has 0 atom stereocenters. The van der Waals surface area contributed by atoms with Crippen LogP contribution in [0, 0.1) is 6.92 Å². The van der Waals surface area contributed by atoms with E-state index >= 15 is 0 Å². The zero-order valence-electron chi connectivity index (χ0n) is 12.9. The van der Waals surface area contributed by atoms with Gasteiger partial charge in [-0.1, -0.05) is 36.1 Å². The van der Waals surface area contributed by atoms with Crippen LogP contribution in [0.25, 0.3) is 5.65 Å². The normalized spacial score (nSPS) is 11.0. The molecule has 0 amide bonds. The standard InChI is InChI=1S/C15H17N5OS2/c1-3-7-16-14-18-19-15(23-14)22-9-11-8-13(21)20-10(2)5-4-6-12(20)17-11/h4-6,8H,3,7,9H2,1-2H3,(H,16,18). The Bertz CT molecular complexity index is 874. The van der Waals surface area contributed by atoms with Gasteiger partial charge in [0.2, 0.25) is 5.13 Å². The molecule has 0 spiro atoms. The highest BCUT2D eigenvalue weighted by Gasteiger charge is 2.08. The molecule has 3 aromatic heterocycles. The zero-order valence-corrected chi connectivity index (χ0v) is 14.6. The Labute approximate surface area is 142 Å². The topological polar surface area (TPSA) is 72.2 Å². The molecule has 3 aromatic rings. The molecule has 1 N–H and O–H groups in total. The van der Waals surface area contributed by atoms with Crippen LogP contribution in [-0.2, 0) is 5.75 Å². The number of pyridine rings is 1. The SMILES string of the molecule is CCCNc1nnc(SCc2cc(=O)n3c(C)cccc3n2)s1. The highest BCUT2D eigenvalue weighted by molar-refractivity contribution is 8.00. The predicted octanol–water partition coefficient (Wildman–Crippen LogP) is 2.97. The van der Waals surface area contributed by atoms with Crippen LogP contribution in [0.5, 0.6) is 0 Å². The third-order valence-electron chi connectivity index (χ3n) is 3.21. The second kappa shape index (κ2) is 7.10. The van der Waals surface area contributed by atoms with Crippen molar-refractivity contribution >= 4 is 33.9 Å². The van der Waals surface area contributed by atoms with E-state index in [1.54, 1.807) is 22.2 Å². The van der Waals surface area contributed by atoms with Gasteiger partial charge in [-0.05, 0) is 25.5 Å². The molecule has 3 heterocycles. The summed E-state index contributed by atoms with van der Waals surface area (Å²) in [6.45, 7) is 4.90. The summed E-state index contributed by atoms with van der Waals surface area (Å²) in [5.74, 6) is 0.599. The first kappa shape index (κ1) is 15.9. The van der Waals surface area contributed by atoms with Crippen LogP contribution in [-0.4, -0.2) is 26.1 Å². The van der Waals surface area contributed by atoms with Crippen molar-refractivity contribution in [3.8, 4) is 0 Å². The molecule has 0 fully saturated rings. The molecule has 0 aliphatic carbocycles. The Balaban J connectivity index is 1.74. The van der Waals surface area contributed by atoms with Gasteiger partial charge in [-0.2, -0.15) is 0 Å². The lowest BCUT2D eigenvalue weighted by Gasteiger charge is -2.05. The summed E-state index contributed by atoms with van der Waals surface area (Å²) >= 11 is 3.06. The van der Waals surface area contributed by atoms with Gasteiger partial charge >= 0.3 is 0 Å². The zero-order chi connectivity index (χ0) is 16.2. The molecule has 6 nitrogen and oxygen atoms in total. The molecule has 0 radical (unpaired) electrons. The van der Waals surface area contributed by atoms with Gasteiger partial charge in [0.05, 0.1) is 5.69 Å². The molecule has 0 saturated carbocycles. The van der Waals surface area contributed by atoms with E-state index in [2.05, 4.69) is 27.4 Å². The highest BCUT2D eigenvalue weighted by Crippen LogP contribution is 2.27. The van der Waals surface area contributed by atoms with Gasteiger partial charge in [-0.25, -0.2) is 4.98 Å². The Morgan fingerprint density at radius 3 is 3.04 bits per heavy atom. The summed E-state index contributed by atoms with van der Waals surface area (Å²) in [6.07, 6.45) is 1.05. The fourth-order valence-corrected chi connectivity index (χ4v) is 3.81. The van der Waals surface area contributed by atoms with Gasteiger partial charge < -0.3 is 5.32 Å². The van der Waals surface area contributed by atoms with Gasteiger partial charge in [0, 0.05) is 24.1 Å². The maximum absolute atomic E-state index is 12.2. The molecule has 3 rings (SSSR count). The summed E-state index contributed by atoms with van der Waals surface area (Å²) in [4.78, 5) is 16.8. The van der Waals surface area contributed by atoms with Gasteiger partial charge in [0.1, 0.15) is 5.65 Å². The average molecular weight is 347 g/mol. The van der Waals surface area contributed by atoms with Crippen LogP contribution >= 0.6 is 23.1 Å². The van der Waals surface area contributed by atoms with Gasteiger partial charge in [0.15, 0.2) is 4.34 Å². The summed E-state index contributed by atoms with van der Waals surface area (Å²) < 4.78 is 2.49.